The van der Waals surface area contributed by atoms with Gasteiger partial charge in [-0.15, -0.1) is 0 Å². The minimum atomic E-state index is -1.18. The fraction of sp³-hybridized carbons (Fsp3) is 0.286. The molecule has 0 aromatic heterocycles. The molecule has 0 aliphatic rings. The predicted molar refractivity (Wildman–Crippen MR) is 107 cm³/mol. The molecule has 0 saturated heterocycles. The Morgan fingerprint density at radius 1 is 0.793 bits per heavy atom. The molecule has 2 rings (SSSR count). The van der Waals surface area contributed by atoms with Gasteiger partial charge in [0, 0.05) is 12.8 Å². The first-order valence-corrected chi connectivity index (χ1v) is 9.18. The summed E-state index contributed by atoms with van der Waals surface area (Å²) in [6, 6.07) is 14.5. The molecular formula is C21H25N3O5. The molecule has 0 fully saturated rings. The van der Waals surface area contributed by atoms with Crippen LogP contribution in [0, 0.1) is 0 Å². The van der Waals surface area contributed by atoms with Gasteiger partial charge in [-0.25, -0.2) is 4.79 Å². The van der Waals surface area contributed by atoms with Gasteiger partial charge >= 0.3 is 5.97 Å². The molecule has 0 saturated carbocycles. The van der Waals surface area contributed by atoms with E-state index in [1.807, 2.05) is 12.1 Å². The lowest BCUT2D eigenvalue weighted by Crippen LogP contribution is -2.56. The highest BCUT2D eigenvalue weighted by Crippen LogP contribution is 2.07. The lowest BCUT2D eigenvalue weighted by molar-refractivity contribution is -0.142. The normalized spacial score (nSPS) is 13.7. The molecule has 0 bridgehead atoms. The first-order chi connectivity index (χ1) is 13.9. The van der Waals surface area contributed by atoms with E-state index >= 15 is 0 Å². The number of benzene rings is 2. The average molecular weight is 399 g/mol. The van der Waals surface area contributed by atoms with Crippen molar-refractivity contribution in [1.82, 2.24) is 10.6 Å². The van der Waals surface area contributed by atoms with E-state index in [1.54, 1.807) is 48.5 Å². The molecule has 0 heterocycles. The molecule has 0 aliphatic heterocycles. The van der Waals surface area contributed by atoms with Crippen LogP contribution >= 0.6 is 0 Å². The summed E-state index contributed by atoms with van der Waals surface area (Å²) in [5.74, 6) is -2.52. The largest absolute Gasteiger partial charge is 0.480 e. The van der Waals surface area contributed by atoms with Gasteiger partial charge in [-0.1, -0.05) is 60.7 Å². The predicted octanol–water partition coefficient (Wildman–Crippen LogP) is -0.154. The molecule has 0 aliphatic carbocycles. The Morgan fingerprint density at radius 2 is 1.24 bits per heavy atom. The van der Waals surface area contributed by atoms with Gasteiger partial charge in [-0.3, -0.25) is 9.59 Å². The first kappa shape index (κ1) is 22.1. The first-order valence-electron chi connectivity index (χ1n) is 9.18. The Morgan fingerprint density at radius 3 is 1.69 bits per heavy atom. The van der Waals surface area contributed by atoms with Crippen LogP contribution in [0.2, 0.25) is 0 Å². The second kappa shape index (κ2) is 10.9. The Hall–Kier alpha value is -3.23. The van der Waals surface area contributed by atoms with Crippen molar-refractivity contribution in [3.63, 3.8) is 0 Å². The van der Waals surface area contributed by atoms with Crippen LogP contribution in [-0.2, 0) is 27.2 Å². The highest BCUT2D eigenvalue weighted by Gasteiger charge is 2.28. The maximum atomic E-state index is 12.8. The Balaban J connectivity index is 2.15. The van der Waals surface area contributed by atoms with Crippen molar-refractivity contribution in [2.24, 2.45) is 5.73 Å². The van der Waals surface area contributed by atoms with E-state index in [4.69, 9.17) is 10.8 Å². The van der Waals surface area contributed by atoms with E-state index in [1.165, 1.54) is 0 Å². The Labute approximate surface area is 168 Å². The number of nitrogens with one attached hydrogen (secondary N) is 2. The van der Waals surface area contributed by atoms with Crippen LogP contribution in [0.25, 0.3) is 0 Å². The van der Waals surface area contributed by atoms with E-state index < -0.39 is 42.5 Å². The van der Waals surface area contributed by atoms with Gasteiger partial charge in [0.1, 0.15) is 18.1 Å². The molecule has 2 aromatic carbocycles. The second-order valence-corrected chi connectivity index (χ2v) is 6.63. The van der Waals surface area contributed by atoms with E-state index in [9.17, 15) is 19.5 Å². The van der Waals surface area contributed by atoms with Gasteiger partial charge in [0.15, 0.2) is 0 Å². The number of carbonyl (C=O) groups is 3. The fourth-order valence-electron chi connectivity index (χ4n) is 2.74. The lowest BCUT2D eigenvalue weighted by Gasteiger charge is -2.23. The molecule has 29 heavy (non-hydrogen) atoms. The molecule has 0 spiro atoms. The van der Waals surface area contributed by atoms with Crippen LogP contribution in [0.4, 0.5) is 0 Å². The van der Waals surface area contributed by atoms with Gasteiger partial charge in [0.25, 0.3) is 0 Å². The van der Waals surface area contributed by atoms with E-state index in [0.29, 0.717) is 0 Å². The number of aliphatic hydroxyl groups is 1. The molecule has 6 N–H and O–H groups in total. The molecule has 0 radical (unpaired) electrons. The number of hydrogen-bond acceptors (Lipinski definition) is 5. The molecule has 2 aromatic rings. The van der Waals surface area contributed by atoms with Gasteiger partial charge < -0.3 is 26.6 Å². The van der Waals surface area contributed by atoms with E-state index in [-0.39, 0.29) is 12.8 Å². The minimum absolute atomic E-state index is 0.101. The van der Waals surface area contributed by atoms with Crippen molar-refractivity contribution in [2.45, 2.75) is 31.0 Å². The van der Waals surface area contributed by atoms with Crippen molar-refractivity contribution in [1.29, 1.82) is 0 Å². The van der Waals surface area contributed by atoms with Crippen molar-refractivity contribution in [3.8, 4) is 0 Å². The van der Waals surface area contributed by atoms with Gasteiger partial charge in [-0.05, 0) is 11.1 Å². The smallest absolute Gasteiger partial charge is 0.326 e. The highest BCUT2D eigenvalue weighted by molar-refractivity contribution is 5.92. The Bertz CT molecular complexity index is 814. The number of nitrogens with two attached hydrogens (primary N) is 1. The topological polar surface area (TPSA) is 142 Å². The number of aliphatic carboxylic acids is 1. The average Bonchev–Trinajstić information content (AvgIpc) is 2.73. The van der Waals surface area contributed by atoms with Crippen LogP contribution < -0.4 is 16.4 Å². The van der Waals surface area contributed by atoms with Crippen LogP contribution in [0.15, 0.2) is 60.7 Å². The number of hydrogen-bond donors (Lipinski definition) is 5. The molecule has 3 atom stereocenters. The van der Waals surface area contributed by atoms with Crippen molar-refractivity contribution in [3.05, 3.63) is 71.8 Å². The Kier molecular flexibility index (Phi) is 8.32. The highest BCUT2D eigenvalue weighted by atomic mass is 16.4. The van der Waals surface area contributed by atoms with Gasteiger partial charge in [0.05, 0.1) is 6.61 Å². The molecular weight excluding hydrogens is 374 g/mol. The molecule has 154 valence electrons. The minimum Gasteiger partial charge on any atom is -0.480 e. The lowest BCUT2D eigenvalue weighted by atomic mass is 10.0. The molecule has 0 unspecified atom stereocenters. The zero-order valence-electron chi connectivity index (χ0n) is 15.8. The monoisotopic (exact) mass is 399 g/mol. The summed E-state index contributed by atoms with van der Waals surface area (Å²) in [6.45, 7) is -0.572. The standard InChI is InChI=1S/C21H25N3O5/c22-16(13-25)19(26)23-17(11-14-7-3-1-4-8-14)20(27)24-18(21(28)29)12-15-9-5-2-6-10-15/h1-10,16-18,25H,11-13,22H2,(H,23,26)(H,24,27)(H,28,29)/t16-,17-,18+/m1/s1. The number of rotatable bonds is 10. The summed E-state index contributed by atoms with van der Waals surface area (Å²) in [4.78, 5) is 36.5. The van der Waals surface area contributed by atoms with Gasteiger partial charge in [0.2, 0.25) is 11.8 Å². The van der Waals surface area contributed by atoms with Crippen LogP contribution in [-0.4, -0.2) is 52.7 Å². The van der Waals surface area contributed by atoms with Crippen LogP contribution in [0.5, 0.6) is 0 Å². The van der Waals surface area contributed by atoms with Crippen molar-refractivity contribution in [2.75, 3.05) is 6.61 Å². The number of carboxylic acid groups (broad SMARTS) is 1. The zero-order chi connectivity index (χ0) is 21.2. The van der Waals surface area contributed by atoms with Gasteiger partial charge in [-0.2, -0.15) is 0 Å². The summed E-state index contributed by atoms with van der Waals surface area (Å²) in [5, 5.41) is 23.6. The number of aliphatic hydroxyl groups excluding tert-OH is 1. The molecule has 2 amide bonds. The fourth-order valence-corrected chi connectivity index (χ4v) is 2.74. The maximum Gasteiger partial charge on any atom is 0.326 e. The summed E-state index contributed by atoms with van der Waals surface area (Å²) < 4.78 is 0. The molecule has 8 nitrogen and oxygen atoms in total. The summed E-state index contributed by atoms with van der Waals surface area (Å²) in [6.07, 6.45) is 0.248. The van der Waals surface area contributed by atoms with Crippen LogP contribution in [0.3, 0.4) is 0 Å². The second-order valence-electron chi connectivity index (χ2n) is 6.63. The summed E-state index contributed by atoms with van der Waals surface area (Å²) in [7, 11) is 0. The zero-order valence-corrected chi connectivity index (χ0v) is 15.8. The molecule has 8 heteroatoms. The van der Waals surface area contributed by atoms with E-state index in [2.05, 4.69) is 10.6 Å². The third kappa shape index (κ3) is 7.02. The number of carboxylic acids is 1. The third-order valence-electron chi connectivity index (χ3n) is 4.35. The summed E-state index contributed by atoms with van der Waals surface area (Å²) >= 11 is 0. The number of carbonyl (C=O) groups excluding carboxylic acids is 2. The number of amides is 2. The quantitative estimate of drug-likeness (QED) is 0.376. The SMILES string of the molecule is N[C@H](CO)C(=O)N[C@H](Cc1ccccc1)C(=O)N[C@@H](Cc1ccccc1)C(=O)O. The van der Waals surface area contributed by atoms with Crippen molar-refractivity contribution < 1.29 is 24.6 Å². The maximum absolute atomic E-state index is 12.8. The summed E-state index contributed by atoms with van der Waals surface area (Å²) in [5.41, 5.74) is 7.06. The third-order valence-corrected chi connectivity index (χ3v) is 4.35. The van der Waals surface area contributed by atoms with Crippen LogP contribution in [0.1, 0.15) is 11.1 Å². The van der Waals surface area contributed by atoms with Crippen molar-refractivity contribution >= 4 is 17.8 Å². The van der Waals surface area contributed by atoms with E-state index in [0.717, 1.165) is 11.1 Å².